The number of hydrogen-bond donors (Lipinski definition) is 1. The molecule has 0 saturated carbocycles. The average Bonchev–Trinajstić information content (AvgIpc) is 3.21. The third-order valence-electron chi connectivity index (χ3n) is 4.81. The van der Waals surface area contributed by atoms with Gasteiger partial charge < -0.3 is 19.2 Å². The van der Waals surface area contributed by atoms with Crippen molar-refractivity contribution in [2.45, 2.75) is 38.1 Å². The second-order valence-corrected chi connectivity index (χ2v) is 6.62. The summed E-state index contributed by atoms with van der Waals surface area (Å²) in [6.45, 7) is 1.15. The minimum Gasteiger partial charge on any atom is -0.461 e. The van der Waals surface area contributed by atoms with Gasteiger partial charge in [-0.3, -0.25) is 9.59 Å². The quantitative estimate of drug-likeness (QED) is 0.879. The van der Waals surface area contributed by atoms with E-state index in [0.717, 1.165) is 12.8 Å². The first-order valence-corrected chi connectivity index (χ1v) is 8.63. The molecule has 0 aromatic carbocycles. The SMILES string of the molecule is O=C1N[C@@H]2CC[C@H]1CN(C(=O)CCCc1nc(-c3ccco3)no1)C2. The lowest BCUT2D eigenvalue weighted by molar-refractivity contribution is -0.132. The number of furan rings is 1. The summed E-state index contributed by atoms with van der Waals surface area (Å²) in [5, 5.41) is 6.86. The van der Waals surface area contributed by atoms with E-state index in [-0.39, 0.29) is 23.8 Å². The van der Waals surface area contributed by atoms with E-state index in [1.54, 1.807) is 18.4 Å². The van der Waals surface area contributed by atoms with Gasteiger partial charge in [0.15, 0.2) is 5.76 Å². The third kappa shape index (κ3) is 3.42. The van der Waals surface area contributed by atoms with E-state index in [0.29, 0.717) is 49.8 Å². The molecule has 8 heteroatoms. The van der Waals surface area contributed by atoms with Gasteiger partial charge in [-0.1, -0.05) is 5.16 Å². The molecule has 0 aliphatic carbocycles. The lowest BCUT2D eigenvalue weighted by Gasteiger charge is -2.22. The molecule has 0 spiro atoms. The molecule has 25 heavy (non-hydrogen) atoms. The molecule has 2 aromatic rings. The van der Waals surface area contributed by atoms with Crippen molar-refractivity contribution >= 4 is 11.8 Å². The van der Waals surface area contributed by atoms with Gasteiger partial charge in [0.1, 0.15) is 0 Å². The first-order valence-electron chi connectivity index (χ1n) is 8.63. The van der Waals surface area contributed by atoms with Gasteiger partial charge in [-0.15, -0.1) is 0 Å². The van der Waals surface area contributed by atoms with Gasteiger partial charge >= 0.3 is 0 Å². The first kappa shape index (κ1) is 15.9. The van der Waals surface area contributed by atoms with E-state index in [1.807, 2.05) is 4.90 Å². The Bertz CT molecular complexity index is 755. The number of hydrogen-bond acceptors (Lipinski definition) is 6. The molecule has 2 bridgehead atoms. The van der Waals surface area contributed by atoms with Gasteiger partial charge in [0.2, 0.25) is 23.5 Å². The van der Waals surface area contributed by atoms with Crippen molar-refractivity contribution in [3.05, 3.63) is 24.3 Å². The summed E-state index contributed by atoms with van der Waals surface area (Å²) in [5.41, 5.74) is 0. The number of nitrogens with zero attached hydrogens (tertiary/aromatic N) is 3. The number of nitrogens with one attached hydrogen (secondary N) is 1. The molecule has 3 saturated heterocycles. The van der Waals surface area contributed by atoms with Crippen LogP contribution in [0.1, 0.15) is 31.6 Å². The van der Waals surface area contributed by atoms with Gasteiger partial charge in [-0.2, -0.15) is 4.98 Å². The van der Waals surface area contributed by atoms with E-state index in [1.165, 1.54) is 0 Å². The maximum absolute atomic E-state index is 12.5. The maximum atomic E-state index is 12.5. The van der Waals surface area contributed by atoms with Crippen LogP contribution in [0.5, 0.6) is 0 Å². The van der Waals surface area contributed by atoms with Crippen LogP contribution >= 0.6 is 0 Å². The molecule has 5 heterocycles. The second kappa shape index (κ2) is 6.70. The van der Waals surface area contributed by atoms with Gasteiger partial charge in [-0.05, 0) is 31.4 Å². The highest BCUT2D eigenvalue weighted by Gasteiger charge is 2.36. The largest absolute Gasteiger partial charge is 0.461 e. The number of piperidine rings is 1. The van der Waals surface area contributed by atoms with Gasteiger partial charge in [0.25, 0.3) is 0 Å². The minimum atomic E-state index is -0.0607. The molecule has 8 nitrogen and oxygen atoms in total. The number of rotatable bonds is 5. The smallest absolute Gasteiger partial charge is 0.238 e. The summed E-state index contributed by atoms with van der Waals surface area (Å²) < 4.78 is 10.4. The zero-order valence-corrected chi connectivity index (χ0v) is 13.8. The molecule has 0 unspecified atom stereocenters. The highest BCUT2D eigenvalue weighted by Crippen LogP contribution is 2.23. The van der Waals surface area contributed by atoms with Crippen molar-refractivity contribution in [3.63, 3.8) is 0 Å². The molecule has 2 aromatic heterocycles. The van der Waals surface area contributed by atoms with Crippen molar-refractivity contribution in [2.75, 3.05) is 13.1 Å². The van der Waals surface area contributed by atoms with Gasteiger partial charge in [-0.25, -0.2) is 0 Å². The van der Waals surface area contributed by atoms with Crippen LogP contribution in [0, 0.1) is 5.92 Å². The monoisotopic (exact) mass is 344 g/mol. The molecule has 0 radical (unpaired) electrons. The van der Waals surface area contributed by atoms with Crippen LogP contribution in [0.3, 0.4) is 0 Å². The van der Waals surface area contributed by atoms with Crippen LogP contribution in [0.15, 0.2) is 27.3 Å². The average molecular weight is 344 g/mol. The standard InChI is InChI=1S/C17H20N4O4/c22-15(21-9-11-6-7-12(10-21)18-17(11)23)5-1-4-14-19-16(20-25-14)13-3-2-8-24-13/h2-3,8,11-12H,1,4-7,9-10H2,(H,18,23)/t11-,12+/m0/s1. The lowest BCUT2D eigenvalue weighted by Crippen LogP contribution is -2.43. The Balaban J connectivity index is 1.29. The summed E-state index contributed by atoms with van der Waals surface area (Å²) in [4.78, 5) is 30.4. The number of carbonyl (C=O) groups excluding carboxylic acids is 2. The fourth-order valence-electron chi connectivity index (χ4n) is 3.46. The molecule has 1 N–H and O–H groups in total. The second-order valence-electron chi connectivity index (χ2n) is 6.62. The third-order valence-corrected chi connectivity index (χ3v) is 4.81. The normalized spacial score (nSPS) is 22.7. The predicted molar refractivity (Wildman–Crippen MR) is 86.2 cm³/mol. The highest BCUT2D eigenvalue weighted by molar-refractivity contribution is 5.83. The fraction of sp³-hybridized carbons (Fsp3) is 0.529. The minimum absolute atomic E-state index is 0.0607. The Morgan fingerprint density at radius 1 is 1.36 bits per heavy atom. The Morgan fingerprint density at radius 2 is 2.28 bits per heavy atom. The van der Waals surface area contributed by atoms with Gasteiger partial charge in [0, 0.05) is 32.0 Å². The van der Waals surface area contributed by atoms with Crippen molar-refractivity contribution in [3.8, 4) is 11.6 Å². The Kier molecular flexibility index (Phi) is 4.25. The summed E-state index contributed by atoms with van der Waals surface area (Å²) in [6.07, 6.45) is 4.96. The Labute approximate surface area is 144 Å². The van der Waals surface area contributed by atoms with Crippen LogP contribution in [0.4, 0.5) is 0 Å². The summed E-state index contributed by atoms with van der Waals surface area (Å²) in [5.74, 6) is 1.58. The van der Waals surface area contributed by atoms with Crippen molar-refractivity contribution in [1.82, 2.24) is 20.4 Å². The van der Waals surface area contributed by atoms with Crippen LogP contribution in [0.25, 0.3) is 11.6 Å². The van der Waals surface area contributed by atoms with E-state index >= 15 is 0 Å². The lowest BCUT2D eigenvalue weighted by atomic mass is 9.96. The number of fused-ring (bicyclic) bond motifs is 4. The van der Waals surface area contributed by atoms with Crippen LogP contribution in [-0.2, 0) is 16.0 Å². The molecule has 3 aliphatic heterocycles. The van der Waals surface area contributed by atoms with Crippen LogP contribution in [0.2, 0.25) is 0 Å². The Hall–Kier alpha value is -2.64. The topological polar surface area (TPSA) is 101 Å². The molecule has 3 fully saturated rings. The van der Waals surface area contributed by atoms with Crippen LogP contribution < -0.4 is 5.32 Å². The molecule has 3 aliphatic rings. The number of aryl methyl sites for hydroxylation is 1. The maximum Gasteiger partial charge on any atom is 0.238 e. The summed E-state index contributed by atoms with van der Waals surface area (Å²) in [7, 11) is 0. The van der Waals surface area contributed by atoms with E-state index in [2.05, 4.69) is 15.5 Å². The van der Waals surface area contributed by atoms with Crippen LogP contribution in [-0.4, -0.2) is 46.0 Å². The van der Waals surface area contributed by atoms with E-state index in [9.17, 15) is 9.59 Å². The zero-order chi connectivity index (χ0) is 17.2. The van der Waals surface area contributed by atoms with Crippen molar-refractivity contribution in [2.24, 2.45) is 5.92 Å². The molecule has 2 atom stereocenters. The molecule has 2 amide bonds. The molecular weight excluding hydrogens is 324 g/mol. The van der Waals surface area contributed by atoms with Crippen molar-refractivity contribution in [1.29, 1.82) is 0 Å². The zero-order valence-electron chi connectivity index (χ0n) is 13.8. The van der Waals surface area contributed by atoms with Gasteiger partial charge in [0.05, 0.1) is 12.2 Å². The number of carbonyl (C=O) groups is 2. The van der Waals surface area contributed by atoms with Crippen molar-refractivity contribution < 1.29 is 18.5 Å². The highest BCUT2D eigenvalue weighted by atomic mass is 16.5. The Morgan fingerprint density at radius 3 is 3.08 bits per heavy atom. The molecular formula is C17H20N4O4. The molecule has 5 rings (SSSR count). The predicted octanol–water partition coefficient (Wildman–Crippen LogP) is 1.39. The fourth-order valence-corrected chi connectivity index (χ4v) is 3.46. The first-order chi connectivity index (χ1) is 12.2. The molecule has 132 valence electrons. The summed E-state index contributed by atoms with van der Waals surface area (Å²) >= 11 is 0. The van der Waals surface area contributed by atoms with E-state index < -0.39 is 0 Å². The summed E-state index contributed by atoms with van der Waals surface area (Å²) in [6, 6.07) is 3.63. The van der Waals surface area contributed by atoms with E-state index in [4.69, 9.17) is 8.94 Å². The number of aromatic nitrogens is 2. The number of amides is 2.